The molecule has 114 valence electrons. The Morgan fingerprint density at radius 1 is 1.33 bits per heavy atom. The monoisotopic (exact) mass is 307 g/mol. The zero-order valence-electron chi connectivity index (χ0n) is 12.8. The number of aromatic nitrogens is 2. The van der Waals surface area contributed by atoms with Crippen LogP contribution in [0.2, 0.25) is 0 Å². The first-order valence-corrected chi connectivity index (χ1v) is 7.67. The highest BCUT2D eigenvalue weighted by Crippen LogP contribution is 2.32. The van der Waals surface area contributed by atoms with E-state index in [2.05, 4.69) is 10.4 Å². The molecule has 0 bridgehead atoms. The van der Waals surface area contributed by atoms with Gasteiger partial charge >= 0.3 is 0 Å². The second-order valence-electron chi connectivity index (χ2n) is 4.61. The summed E-state index contributed by atoms with van der Waals surface area (Å²) in [5.74, 6) is 2.57. The number of rotatable bonds is 7. The standard InChI is InChI=1S/C15H21N3O2S/c1-16-14(10-21-12-8-17-18(2)9-12)13-7-11(19-3)5-6-15(13)20-4/h5-9,14,16H,10H2,1-4H3. The van der Waals surface area contributed by atoms with Gasteiger partial charge in [0.2, 0.25) is 0 Å². The normalized spacial score (nSPS) is 12.2. The number of hydrogen-bond acceptors (Lipinski definition) is 5. The third-order valence-corrected chi connectivity index (χ3v) is 4.30. The van der Waals surface area contributed by atoms with E-state index in [9.17, 15) is 0 Å². The molecule has 1 heterocycles. The summed E-state index contributed by atoms with van der Waals surface area (Å²) in [4.78, 5) is 1.15. The Bertz CT molecular complexity index is 586. The molecule has 2 rings (SSSR count). The molecule has 1 atom stereocenters. The molecule has 2 aromatic rings. The van der Waals surface area contributed by atoms with Crippen LogP contribution in [0.5, 0.6) is 11.5 Å². The molecule has 0 saturated carbocycles. The van der Waals surface area contributed by atoms with Crippen molar-refractivity contribution < 1.29 is 9.47 Å². The van der Waals surface area contributed by atoms with Crippen LogP contribution < -0.4 is 14.8 Å². The van der Waals surface area contributed by atoms with E-state index in [-0.39, 0.29) is 6.04 Å². The van der Waals surface area contributed by atoms with Crippen molar-refractivity contribution in [2.75, 3.05) is 27.0 Å². The van der Waals surface area contributed by atoms with Crippen LogP contribution in [0.4, 0.5) is 0 Å². The minimum atomic E-state index is 0.167. The first-order valence-electron chi connectivity index (χ1n) is 6.68. The van der Waals surface area contributed by atoms with Crippen LogP contribution in [-0.2, 0) is 7.05 Å². The van der Waals surface area contributed by atoms with Crippen LogP contribution in [0.25, 0.3) is 0 Å². The minimum absolute atomic E-state index is 0.167. The van der Waals surface area contributed by atoms with Crippen LogP contribution in [-0.4, -0.2) is 36.8 Å². The van der Waals surface area contributed by atoms with Crippen molar-refractivity contribution in [1.82, 2.24) is 15.1 Å². The lowest BCUT2D eigenvalue weighted by atomic mass is 10.1. The third-order valence-electron chi connectivity index (χ3n) is 3.26. The van der Waals surface area contributed by atoms with E-state index >= 15 is 0 Å². The molecule has 6 heteroatoms. The highest BCUT2D eigenvalue weighted by molar-refractivity contribution is 7.99. The maximum Gasteiger partial charge on any atom is 0.123 e. The Morgan fingerprint density at radius 3 is 2.71 bits per heavy atom. The number of nitrogens with one attached hydrogen (secondary N) is 1. The van der Waals surface area contributed by atoms with Crippen molar-refractivity contribution in [3.63, 3.8) is 0 Å². The molecule has 21 heavy (non-hydrogen) atoms. The largest absolute Gasteiger partial charge is 0.497 e. The summed E-state index contributed by atoms with van der Waals surface area (Å²) < 4.78 is 12.6. The first-order chi connectivity index (χ1) is 10.2. The molecule has 0 saturated heterocycles. The molecular weight excluding hydrogens is 286 g/mol. The highest BCUT2D eigenvalue weighted by atomic mass is 32.2. The number of hydrogen-bond donors (Lipinski definition) is 1. The molecule has 0 aliphatic heterocycles. The summed E-state index contributed by atoms with van der Waals surface area (Å²) in [6.45, 7) is 0. The van der Waals surface area contributed by atoms with Crippen LogP contribution >= 0.6 is 11.8 Å². The molecule has 5 nitrogen and oxygen atoms in total. The second kappa shape index (κ2) is 7.38. The fraction of sp³-hybridized carbons (Fsp3) is 0.400. The fourth-order valence-electron chi connectivity index (χ4n) is 2.09. The lowest BCUT2D eigenvalue weighted by Gasteiger charge is -2.19. The van der Waals surface area contributed by atoms with Crippen molar-refractivity contribution in [2.24, 2.45) is 7.05 Å². The number of nitrogens with zero attached hydrogens (tertiary/aromatic N) is 2. The SMILES string of the molecule is CNC(CSc1cnn(C)c1)c1cc(OC)ccc1OC. The Labute approximate surface area is 129 Å². The summed E-state index contributed by atoms with van der Waals surface area (Å²) in [5, 5.41) is 7.52. The van der Waals surface area contributed by atoms with Gasteiger partial charge in [-0.2, -0.15) is 5.10 Å². The van der Waals surface area contributed by atoms with Gasteiger partial charge in [-0.1, -0.05) is 0 Å². The Kier molecular flexibility index (Phi) is 5.52. The van der Waals surface area contributed by atoms with Gasteiger partial charge in [0, 0.05) is 35.5 Å². The van der Waals surface area contributed by atoms with Gasteiger partial charge in [-0.05, 0) is 25.2 Å². The van der Waals surface area contributed by atoms with Gasteiger partial charge in [0.1, 0.15) is 11.5 Å². The van der Waals surface area contributed by atoms with E-state index in [1.807, 2.05) is 49.4 Å². The van der Waals surface area contributed by atoms with Gasteiger partial charge in [-0.3, -0.25) is 4.68 Å². The summed E-state index contributed by atoms with van der Waals surface area (Å²) in [6, 6.07) is 6.03. The summed E-state index contributed by atoms with van der Waals surface area (Å²) in [5.41, 5.74) is 1.09. The van der Waals surface area contributed by atoms with E-state index in [0.717, 1.165) is 27.7 Å². The van der Waals surface area contributed by atoms with Crippen LogP contribution in [0.1, 0.15) is 11.6 Å². The van der Waals surface area contributed by atoms with Crippen molar-refractivity contribution >= 4 is 11.8 Å². The molecule has 1 aromatic carbocycles. The molecule has 0 aliphatic rings. The minimum Gasteiger partial charge on any atom is -0.497 e. The van der Waals surface area contributed by atoms with Gasteiger partial charge in [0.05, 0.1) is 20.4 Å². The molecule has 1 N–H and O–H groups in total. The quantitative estimate of drug-likeness (QED) is 0.796. The average molecular weight is 307 g/mol. The number of methoxy groups -OCH3 is 2. The average Bonchev–Trinajstić information content (AvgIpc) is 2.93. The highest BCUT2D eigenvalue weighted by Gasteiger charge is 2.16. The predicted molar refractivity (Wildman–Crippen MR) is 85.3 cm³/mol. The van der Waals surface area contributed by atoms with E-state index in [4.69, 9.17) is 9.47 Å². The van der Waals surface area contributed by atoms with E-state index in [1.54, 1.807) is 26.0 Å². The fourth-order valence-corrected chi connectivity index (χ4v) is 3.15. The lowest BCUT2D eigenvalue weighted by molar-refractivity contribution is 0.394. The summed E-state index contributed by atoms with van der Waals surface area (Å²) in [6.07, 6.45) is 3.89. The third kappa shape index (κ3) is 3.92. The van der Waals surface area contributed by atoms with E-state index < -0.39 is 0 Å². The maximum absolute atomic E-state index is 5.46. The van der Waals surface area contributed by atoms with Gasteiger partial charge in [-0.15, -0.1) is 11.8 Å². The molecule has 0 fully saturated rings. The summed E-state index contributed by atoms with van der Waals surface area (Å²) in [7, 11) is 7.23. The second-order valence-corrected chi connectivity index (χ2v) is 5.70. The molecule has 1 unspecified atom stereocenters. The van der Waals surface area contributed by atoms with Gasteiger partial charge in [-0.25, -0.2) is 0 Å². The van der Waals surface area contributed by atoms with Gasteiger partial charge < -0.3 is 14.8 Å². The van der Waals surface area contributed by atoms with Crippen molar-refractivity contribution in [3.05, 3.63) is 36.2 Å². The molecule has 1 aromatic heterocycles. The lowest BCUT2D eigenvalue weighted by Crippen LogP contribution is -2.19. The first kappa shape index (κ1) is 15.7. The number of thioether (sulfide) groups is 1. The predicted octanol–water partition coefficient (Wildman–Crippen LogP) is 2.49. The number of benzene rings is 1. The summed E-state index contributed by atoms with van der Waals surface area (Å²) >= 11 is 1.76. The zero-order valence-corrected chi connectivity index (χ0v) is 13.6. The molecule has 0 amide bonds. The maximum atomic E-state index is 5.46. The van der Waals surface area contributed by atoms with Crippen LogP contribution in [0, 0.1) is 0 Å². The Balaban J connectivity index is 2.15. The van der Waals surface area contributed by atoms with Gasteiger partial charge in [0.25, 0.3) is 0 Å². The van der Waals surface area contributed by atoms with Crippen LogP contribution in [0.15, 0.2) is 35.5 Å². The van der Waals surface area contributed by atoms with Crippen molar-refractivity contribution in [1.29, 1.82) is 0 Å². The van der Waals surface area contributed by atoms with Crippen molar-refractivity contribution in [3.8, 4) is 11.5 Å². The number of aryl methyl sites for hydroxylation is 1. The topological polar surface area (TPSA) is 48.3 Å². The zero-order chi connectivity index (χ0) is 15.2. The molecular formula is C15H21N3O2S. The van der Waals surface area contributed by atoms with Crippen LogP contribution in [0.3, 0.4) is 0 Å². The molecule has 0 spiro atoms. The van der Waals surface area contributed by atoms with E-state index in [0.29, 0.717) is 0 Å². The Morgan fingerprint density at radius 2 is 2.14 bits per heavy atom. The smallest absolute Gasteiger partial charge is 0.123 e. The van der Waals surface area contributed by atoms with Crippen molar-refractivity contribution in [2.45, 2.75) is 10.9 Å². The molecule has 0 aliphatic carbocycles. The molecule has 0 radical (unpaired) electrons. The van der Waals surface area contributed by atoms with E-state index in [1.165, 1.54) is 0 Å². The number of ether oxygens (including phenoxy) is 2. The van der Waals surface area contributed by atoms with Gasteiger partial charge in [0.15, 0.2) is 0 Å². The Hall–Kier alpha value is -1.66.